The maximum atomic E-state index is 11.4. The average molecular weight is 185 g/mol. The van der Waals surface area contributed by atoms with Crippen molar-refractivity contribution in [2.75, 3.05) is 26.9 Å². The predicted octanol–water partition coefficient (Wildman–Crippen LogP) is -0.216. The van der Waals surface area contributed by atoms with Crippen molar-refractivity contribution in [1.82, 2.24) is 5.32 Å². The molecule has 3 unspecified atom stereocenters. The van der Waals surface area contributed by atoms with Crippen LogP contribution in [-0.2, 0) is 14.3 Å². The molecule has 2 heterocycles. The van der Waals surface area contributed by atoms with E-state index in [1.165, 1.54) is 0 Å². The third-order valence-electron chi connectivity index (χ3n) is 2.92. The first-order chi connectivity index (χ1) is 6.33. The number of nitrogens with one attached hydrogen (secondary N) is 1. The number of carbonyl (C=O) groups excluding carboxylic acids is 1. The van der Waals surface area contributed by atoms with Gasteiger partial charge in [0.2, 0.25) is 5.91 Å². The fourth-order valence-electron chi connectivity index (χ4n) is 2.15. The molecule has 2 rings (SSSR count). The second kappa shape index (κ2) is 3.64. The molecule has 0 aromatic heterocycles. The molecule has 2 saturated heterocycles. The van der Waals surface area contributed by atoms with Gasteiger partial charge >= 0.3 is 0 Å². The Kier molecular flexibility index (Phi) is 2.51. The Morgan fingerprint density at radius 3 is 3.08 bits per heavy atom. The molecule has 74 valence electrons. The Morgan fingerprint density at radius 1 is 1.46 bits per heavy atom. The van der Waals surface area contributed by atoms with Crippen molar-refractivity contribution in [2.45, 2.75) is 12.5 Å². The van der Waals surface area contributed by atoms with Crippen molar-refractivity contribution in [3.8, 4) is 0 Å². The molecule has 4 heteroatoms. The molecular formula is C9H15NO3. The molecule has 13 heavy (non-hydrogen) atoms. The SMILES string of the molecule is CNC(=O)C1OCC2COCCC21. The molecule has 0 saturated carbocycles. The molecule has 0 aromatic carbocycles. The molecule has 2 fully saturated rings. The van der Waals surface area contributed by atoms with Crippen molar-refractivity contribution in [1.29, 1.82) is 0 Å². The molecule has 0 bridgehead atoms. The largest absolute Gasteiger partial charge is 0.381 e. The van der Waals surface area contributed by atoms with Crippen LogP contribution in [-0.4, -0.2) is 38.9 Å². The summed E-state index contributed by atoms with van der Waals surface area (Å²) in [5, 5.41) is 2.64. The summed E-state index contributed by atoms with van der Waals surface area (Å²) in [7, 11) is 1.65. The lowest BCUT2D eigenvalue weighted by molar-refractivity contribution is -0.131. The van der Waals surface area contributed by atoms with Crippen LogP contribution in [0.2, 0.25) is 0 Å². The van der Waals surface area contributed by atoms with Gasteiger partial charge in [-0.05, 0) is 6.42 Å². The van der Waals surface area contributed by atoms with E-state index in [-0.39, 0.29) is 12.0 Å². The van der Waals surface area contributed by atoms with E-state index in [9.17, 15) is 4.79 Å². The van der Waals surface area contributed by atoms with Gasteiger partial charge in [0.15, 0.2) is 0 Å². The zero-order valence-electron chi connectivity index (χ0n) is 7.79. The number of fused-ring (bicyclic) bond motifs is 1. The zero-order valence-corrected chi connectivity index (χ0v) is 7.79. The van der Waals surface area contributed by atoms with Crippen LogP contribution < -0.4 is 5.32 Å². The summed E-state index contributed by atoms with van der Waals surface area (Å²) in [5.74, 6) is 0.805. The van der Waals surface area contributed by atoms with Gasteiger partial charge in [0.05, 0.1) is 13.2 Å². The van der Waals surface area contributed by atoms with Crippen LogP contribution in [0.4, 0.5) is 0 Å². The van der Waals surface area contributed by atoms with E-state index in [0.717, 1.165) is 19.6 Å². The van der Waals surface area contributed by atoms with E-state index in [1.54, 1.807) is 7.05 Å². The molecule has 0 spiro atoms. The summed E-state index contributed by atoms with van der Waals surface area (Å²) >= 11 is 0. The van der Waals surface area contributed by atoms with Crippen molar-refractivity contribution in [3.05, 3.63) is 0 Å². The second-order valence-electron chi connectivity index (χ2n) is 3.66. The van der Waals surface area contributed by atoms with Crippen LogP contribution in [0, 0.1) is 11.8 Å². The average Bonchev–Trinajstić information content (AvgIpc) is 2.60. The third-order valence-corrected chi connectivity index (χ3v) is 2.92. The Balaban J connectivity index is 2.02. The maximum Gasteiger partial charge on any atom is 0.249 e. The Morgan fingerprint density at radius 2 is 2.31 bits per heavy atom. The van der Waals surface area contributed by atoms with Crippen LogP contribution in [0.15, 0.2) is 0 Å². The number of hydrogen-bond acceptors (Lipinski definition) is 3. The molecule has 0 aromatic rings. The smallest absolute Gasteiger partial charge is 0.249 e. The Labute approximate surface area is 77.6 Å². The highest BCUT2D eigenvalue weighted by molar-refractivity contribution is 5.81. The number of rotatable bonds is 1. The van der Waals surface area contributed by atoms with Crippen molar-refractivity contribution < 1.29 is 14.3 Å². The highest BCUT2D eigenvalue weighted by atomic mass is 16.5. The van der Waals surface area contributed by atoms with Crippen LogP contribution in [0.1, 0.15) is 6.42 Å². The Bertz CT molecular complexity index is 207. The molecular weight excluding hydrogens is 170 g/mol. The Hall–Kier alpha value is -0.610. The lowest BCUT2D eigenvalue weighted by Crippen LogP contribution is -2.39. The number of ether oxygens (including phenoxy) is 2. The number of amides is 1. The summed E-state index contributed by atoms with van der Waals surface area (Å²) in [6.45, 7) is 2.18. The van der Waals surface area contributed by atoms with Gasteiger partial charge in [0.1, 0.15) is 6.10 Å². The van der Waals surface area contributed by atoms with E-state index >= 15 is 0 Å². The molecule has 4 nitrogen and oxygen atoms in total. The summed E-state index contributed by atoms with van der Waals surface area (Å²) in [6.07, 6.45) is 0.710. The minimum atomic E-state index is -0.237. The first-order valence-corrected chi connectivity index (χ1v) is 4.74. The van der Waals surface area contributed by atoms with Gasteiger partial charge < -0.3 is 14.8 Å². The molecule has 1 N–H and O–H groups in total. The van der Waals surface area contributed by atoms with Crippen molar-refractivity contribution in [2.24, 2.45) is 11.8 Å². The number of hydrogen-bond donors (Lipinski definition) is 1. The molecule has 1 amide bonds. The van der Waals surface area contributed by atoms with Crippen molar-refractivity contribution in [3.63, 3.8) is 0 Å². The standard InChI is InChI=1S/C9H15NO3/c1-10-9(11)8-7-2-3-12-4-6(7)5-13-8/h6-8H,2-5H2,1H3,(H,10,11). The van der Waals surface area contributed by atoms with Gasteiger partial charge in [-0.15, -0.1) is 0 Å². The fraction of sp³-hybridized carbons (Fsp3) is 0.889. The van der Waals surface area contributed by atoms with E-state index < -0.39 is 0 Å². The van der Waals surface area contributed by atoms with Gasteiger partial charge in [0.25, 0.3) is 0 Å². The second-order valence-corrected chi connectivity index (χ2v) is 3.66. The van der Waals surface area contributed by atoms with Crippen LogP contribution in [0.5, 0.6) is 0 Å². The minimum Gasteiger partial charge on any atom is -0.381 e. The summed E-state index contributed by atoms with van der Waals surface area (Å²) in [5.41, 5.74) is 0. The topological polar surface area (TPSA) is 47.6 Å². The normalized spacial score (nSPS) is 38.4. The van der Waals surface area contributed by atoms with Crippen LogP contribution >= 0.6 is 0 Å². The quantitative estimate of drug-likeness (QED) is 0.614. The molecule has 0 radical (unpaired) electrons. The van der Waals surface area contributed by atoms with E-state index in [4.69, 9.17) is 9.47 Å². The highest BCUT2D eigenvalue weighted by Gasteiger charge is 2.42. The molecule has 3 atom stereocenters. The van der Waals surface area contributed by atoms with Crippen LogP contribution in [0.3, 0.4) is 0 Å². The van der Waals surface area contributed by atoms with E-state index in [1.807, 2.05) is 0 Å². The monoisotopic (exact) mass is 185 g/mol. The molecule has 2 aliphatic rings. The van der Waals surface area contributed by atoms with Gasteiger partial charge in [-0.1, -0.05) is 0 Å². The summed E-state index contributed by atoms with van der Waals surface area (Å²) < 4.78 is 10.8. The first kappa shape index (κ1) is 8.97. The third kappa shape index (κ3) is 1.56. The van der Waals surface area contributed by atoms with Crippen molar-refractivity contribution >= 4 is 5.91 Å². The van der Waals surface area contributed by atoms with Gasteiger partial charge in [-0.3, -0.25) is 4.79 Å². The number of carbonyl (C=O) groups is 1. The van der Waals surface area contributed by atoms with Gasteiger partial charge in [0, 0.05) is 25.5 Å². The first-order valence-electron chi connectivity index (χ1n) is 4.74. The lowest BCUT2D eigenvalue weighted by atomic mass is 9.87. The lowest BCUT2D eigenvalue weighted by Gasteiger charge is -2.26. The fourth-order valence-corrected chi connectivity index (χ4v) is 2.15. The van der Waals surface area contributed by atoms with E-state index in [2.05, 4.69) is 5.32 Å². The van der Waals surface area contributed by atoms with Crippen LogP contribution in [0.25, 0.3) is 0 Å². The highest BCUT2D eigenvalue weighted by Crippen LogP contribution is 2.33. The summed E-state index contributed by atoms with van der Waals surface area (Å²) in [6, 6.07) is 0. The van der Waals surface area contributed by atoms with Gasteiger partial charge in [-0.25, -0.2) is 0 Å². The zero-order chi connectivity index (χ0) is 9.26. The predicted molar refractivity (Wildman–Crippen MR) is 46.2 cm³/mol. The van der Waals surface area contributed by atoms with E-state index in [0.29, 0.717) is 18.4 Å². The maximum absolute atomic E-state index is 11.4. The minimum absolute atomic E-state index is 0.00870. The molecule has 2 aliphatic heterocycles. The summed E-state index contributed by atoms with van der Waals surface area (Å²) in [4.78, 5) is 11.4. The van der Waals surface area contributed by atoms with Gasteiger partial charge in [-0.2, -0.15) is 0 Å². The number of likely N-dealkylation sites (N-methyl/N-ethyl adjacent to an activating group) is 1. The molecule has 0 aliphatic carbocycles.